The molecular weight excluding hydrogens is 276 g/mol. The number of ether oxygens (including phenoxy) is 1. The number of likely N-dealkylation sites (N-methyl/N-ethyl adjacent to an activating group) is 1. The normalized spacial score (nSPS) is 18.2. The molecule has 2 rings (SSSR count). The van der Waals surface area contributed by atoms with E-state index in [9.17, 15) is 0 Å². The van der Waals surface area contributed by atoms with Gasteiger partial charge in [-0.2, -0.15) is 0 Å². The molecule has 0 radical (unpaired) electrons. The highest BCUT2D eigenvalue weighted by atomic mass is 16.5. The molecule has 1 aromatic rings. The van der Waals surface area contributed by atoms with Gasteiger partial charge in [0.1, 0.15) is 5.75 Å². The van der Waals surface area contributed by atoms with E-state index in [-0.39, 0.29) is 6.04 Å². The lowest BCUT2D eigenvalue weighted by molar-refractivity contribution is 0.240. The van der Waals surface area contributed by atoms with Gasteiger partial charge in [0, 0.05) is 24.6 Å². The van der Waals surface area contributed by atoms with E-state index in [0.29, 0.717) is 18.6 Å². The lowest BCUT2D eigenvalue weighted by atomic mass is 10.0. The smallest absolute Gasteiger partial charge is 0.189 e. The van der Waals surface area contributed by atoms with Crippen LogP contribution in [-0.2, 0) is 0 Å². The maximum Gasteiger partial charge on any atom is 0.189 e. The van der Waals surface area contributed by atoms with Gasteiger partial charge in [-0.05, 0) is 26.5 Å². The summed E-state index contributed by atoms with van der Waals surface area (Å²) in [5.41, 5.74) is 7.20. The van der Waals surface area contributed by atoms with E-state index in [0.717, 1.165) is 37.4 Å². The van der Waals surface area contributed by atoms with Crippen LogP contribution in [0.2, 0.25) is 0 Å². The Bertz CT molecular complexity index is 501. The summed E-state index contributed by atoms with van der Waals surface area (Å²) in [6, 6.07) is 8.81. The van der Waals surface area contributed by atoms with Crippen molar-refractivity contribution in [3.63, 3.8) is 0 Å². The molecule has 1 aliphatic rings. The van der Waals surface area contributed by atoms with Crippen LogP contribution < -0.4 is 15.8 Å². The zero-order valence-corrected chi connectivity index (χ0v) is 13.9. The summed E-state index contributed by atoms with van der Waals surface area (Å²) in [6.07, 6.45) is 0.903. The SMILES string of the molecule is CCN(CCN=C(N)NC1CCOc2ccccc21)C(C)C. The Kier molecular flexibility index (Phi) is 6.07. The van der Waals surface area contributed by atoms with Gasteiger partial charge in [-0.25, -0.2) is 0 Å². The lowest BCUT2D eigenvalue weighted by Crippen LogP contribution is -2.38. The molecule has 122 valence electrons. The van der Waals surface area contributed by atoms with Gasteiger partial charge >= 0.3 is 0 Å². The molecule has 0 saturated heterocycles. The van der Waals surface area contributed by atoms with Crippen molar-refractivity contribution in [3.05, 3.63) is 29.8 Å². The number of rotatable bonds is 6. The highest BCUT2D eigenvalue weighted by molar-refractivity contribution is 5.78. The number of nitrogens with zero attached hydrogens (tertiary/aromatic N) is 2. The van der Waals surface area contributed by atoms with Crippen molar-refractivity contribution in [1.29, 1.82) is 0 Å². The van der Waals surface area contributed by atoms with Crippen molar-refractivity contribution in [2.75, 3.05) is 26.2 Å². The van der Waals surface area contributed by atoms with Gasteiger partial charge in [-0.15, -0.1) is 0 Å². The van der Waals surface area contributed by atoms with Gasteiger partial charge in [0.15, 0.2) is 5.96 Å². The Hall–Kier alpha value is -1.75. The number of guanidine groups is 1. The predicted octanol–water partition coefficient (Wildman–Crippen LogP) is 2.14. The predicted molar refractivity (Wildman–Crippen MR) is 91.3 cm³/mol. The van der Waals surface area contributed by atoms with Crippen LogP contribution >= 0.6 is 0 Å². The Morgan fingerprint density at radius 3 is 2.95 bits per heavy atom. The van der Waals surface area contributed by atoms with Crippen LogP contribution in [0, 0.1) is 0 Å². The molecule has 0 aliphatic carbocycles. The Balaban J connectivity index is 1.90. The third kappa shape index (κ3) is 4.37. The number of para-hydroxylation sites is 1. The van der Waals surface area contributed by atoms with Gasteiger partial charge in [0.2, 0.25) is 0 Å². The van der Waals surface area contributed by atoms with Crippen molar-refractivity contribution in [2.45, 2.75) is 39.3 Å². The van der Waals surface area contributed by atoms with Crippen molar-refractivity contribution in [1.82, 2.24) is 10.2 Å². The fourth-order valence-electron chi connectivity index (χ4n) is 2.80. The molecule has 3 N–H and O–H groups in total. The average molecular weight is 304 g/mol. The monoisotopic (exact) mass is 304 g/mol. The average Bonchev–Trinajstić information content (AvgIpc) is 2.51. The van der Waals surface area contributed by atoms with E-state index >= 15 is 0 Å². The first-order valence-corrected chi connectivity index (χ1v) is 8.14. The van der Waals surface area contributed by atoms with Crippen molar-refractivity contribution >= 4 is 5.96 Å². The first-order chi connectivity index (χ1) is 10.6. The molecule has 0 fully saturated rings. The summed E-state index contributed by atoms with van der Waals surface area (Å²) in [5, 5.41) is 3.33. The van der Waals surface area contributed by atoms with E-state index in [1.165, 1.54) is 0 Å². The number of aliphatic imine (C=N–C) groups is 1. The molecule has 5 nitrogen and oxygen atoms in total. The molecule has 0 saturated carbocycles. The van der Waals surface area contributed by atoms with Gasteiger partial charge in [0.25, 0.3) is 0 Å². The standard InChI is InChI=1S/C17H28N4O/c1-4-21(13(2)3)11-10-19-17(18)20-15-9-12-22-16-8-6-5-7-14(15)16/h5-8,13,15H,4,9-12H2,1-3H3,(H3,18,19,20). The summed E-state index contributed by atoms with van der Waals surface area (Å²) < 4.78 is 5.66. The fourth-order valence-corrected chi connectivity index (χ4v) is 2.80. The summed E-state index contributed by atoms with van der Waals surface area (Å²) in [5.74, 6) is 1.46. The molecule has 22 heavy (non-hydrogen) atoms. The molecular formula is C17H28N4O. The number of benzene rings is 1. The molecule has 0 aromatic heterocycles. The molecule has 0 amide bonds. The lowest BCUT2D eigenvalue weighted by Gasteiger charge is -2.27. The topological polar surface area (TPSA) is 62.9 Å². The summed E-state index contributed by atoms with van der Waals surface area (Å²) in [4.78, 5) is 6.84. The van der Waals surface area contributed by atoms with Gasteiger partial charge in [0.05, 0.1) is 19.2 Å². The second-order valence-electron chi connectivity index (χ2n) is 5.86. The highest BCUT2D eigenvalue weighted by Gasteiger charge is 2.21. The largest absolute Gasteiger partial charge is 0.493 e. The number of nitrogens with one attached hydrogen (secondary N) is 1. The third-order valence-electron chi connectivity index (χ3n) is 4.09. The third-order valence-corrected chi connectivity index (χ3v) is 4.09. The maximum atomic E-state index is 6.05. The van der Waals surface area contributed by atoms with Gasteiger partial charge in [-0.1, -0.05) is 25.1 Å². The second kappa shape index (κ2) is 8.03. The van der Waals surface area contributed by atoms with E-state index in [1.807, 2.05) is 18.2 Å². The molecule has 0 bridgehead atoms. The van der Waals surface area contributed by atoms with E-state index in [1.54, 1.807) is 0 Å². The first kappa shape index (κ1) is 16.6. The highest BCUT2D eigenvalue weighted by Crippen LogP contribution is 2.31. The Labute approximate surface area is 133 Å². The zero-order valence-electron chi connectivity index (χ0n) is 13.9. The summed E-state index contributed by atoms with van der Waals surface area (Å²) >= 11 is 0. The van der Waals surface area contributed by atoms with Crippen LogP contribution in [0.15, 0.2) is 29.3 Å². The van der Waals surface area contributed by atoms with E-state index in [4.69, 9.17) is 10.5 Å². The van der Waals surface area contributed by atoms with Crippen LogP contribution in [0.1, 0.15) is 38.8 Å². The first-order valence-electron chi connectivity index (χ1n) is 8.14. The fraction of sp³-hybridized carbons (Fsp3) is 0.588. The van der Waals surface area contributed by atoms with Gasteiger partial charge in [-0.3, -0.25) is 9.89 Å². The number of fused-ring (bicyclic) bond motifs is 1. The van der Waals surface area contributed by atoms with Crippen LogP contribution in [0.3, 0.4) is 0 Å². The molecule has 1 unspecified atom stereocenters. The molecule has 1 heterocycles. The van der Waals surface area contributed by atoms with Crippen LogP contribution in [-0.4, -0.2) is 43.1 Å². The molecule has 0 spiro atoms. The number of hydrogen-bond acceptors (Lipinski definition) is 3. The number of hydrogen-bond donors (Lipinski definition) is 2. The Morgan fingerprint density at radius 2 is 2.23 bits per heavy atom. The molecule has 5 heteroatoms. The maximum absolute atomic E-state index is 6.05. The molecule has 1 aliphatic heterocycles. The van der Waals surface area contributed by atoms with Crippen molar-refractivity contribution < 1.29 is 4.74 Å². The van der Waals surface area contributed by atoms with E-state index < -0.39 is 0 Å². The van der Waals surface area contributed by atoms with Gasteiger partial charge < -0.3 is 15.8 Å². The molecule has 1 atom stereocenters. The summed E-state index contributed by atoms with van der Waals surface area (Å²) in [7, 11) is 0. The van der Waals surface area contributed by atoms with Crippen LogP contribution in [0.25, 0.3) is 0 Å². The minimum absolute atomic E-state index is 0.182. The Morgan fingerprint density at radius 1 is 1.45 bits per heavy atom. The van der Waals surface area contributed by atoms with Crippen molar-refractivity contribution in [3.8, 4) is 5.75 Å². The summed E-state index contributed by atoms with van der Waals surface area (Å²) in [6.45, 7) is 9.97. The molecule has 1 aromatic carbocycles. The van der Waals surface area contributed by atoms with Crippen molar-refractivity contribution in [2.24, 2.45) is 10.7 Å². The van der Waals surface area contributed by atoms with E-state index in [2.05, 4.69) is 42.0 Å². The quantitative estimate of drug-likeness (QED) is 0.624. The minimum Gasteiger partial charge on any atom is -0.493 e. The number of nitrogens with two attached hydrogens (primary N) is 1. The minimum atomic E-state index is 0.182. The zero-order chi connectivity index (χ0) is 15.9. The van der Waals surface area contributed by atoms with Crippen LogP contribution in [0.5, 0.6) is 5.75 Å². The van der Waals surface area contributed by atoms with Crippen LogP contribution in [0.4, 0.5) is 0 Å². The second-order valence-corrected chi connectivity index (χ2v) is 5.86.